The zero-order valence-electron chi connectivity index (χ0n) is 20.8. The summed E-state index contributed by atoms with van der Waals surface area (Å²) in [5.41, 5.74) is 3.52. The average Bonchev–Trinajstić information content (AvgIpc) is 2.93. The van der Waals surface area contributed by atoms with Gasteiger partial charge >= 0.3 is 0 Å². The van der Waals surface area contributed by atoms with Crippen molar-refractivity contribution in [1.29, 1.82) is 0 Å². The molecule has 0 aliphatic carbocycles. The van der Waals surface area contributed by atoms with Crippen molar-refractivity contribution in [2.75, 3.05) is 61.1 Å². The molecule has 2 fully saturated rings. The summed E-state index contributed by atoms with van der Waals surface area (Å²) < 4.78 is 5.66. The molecule has 0 atom stereocenters. The predicted octanol–water partition coefficient (Wildman–Crippen LogP) is 4.15. The minimum atomic E-state index is 0.00228. The predicted molar refractivity (Wildman–Crippen MR) is 150 cm³/mol. The first-order valence-electron chi connectivity index (χ1n) is 12.7. The Morgan fingerprint density at radius 2 is 1.56 bits per heavy atom. The van der Waals surface area contributed by atoms with E-state index in [-0.39, 0.29) is 5.41 Å². The van der Waals surface area contributed by atoms with Crippen LogP contribution in [-0.4, -0.2) is 61.0 Å². The van der Waals surface area contributed by atoms with Crippen LogP contribution in [0.3, 0.4) is 0 Å². The molecule has 36 heavy (non-hydrogen) atoms. The number of hydrogen-bond acceptors (Lipinski definition) is 6. The maximum Gasteiger partial charge on any atom is 0.231 e. The topological polar surface area (TPSA) is 65.5 Å². The number of aryl methyl sites for hydroxylation is 1. The zero-order valence-corrected chi connectivity index (χ0v) is 21.6. The molecule has 1 aromatic heterocycles. The number of hydrogen-bond donors (Lipinski definition) is 2. The summed E-state index contributed by atoms with van der Waals surface area (Å²) >= 11 is 5.66. The van der Waals surface area contributed by atoms with E-state index in [1.54, 1.807) is 0 Å². The van der Waals surface area contributed by atoms with E-state index in [1.165, 1.54) is 11.3 Å². The Hall–Kier alpha value is -3.23. The quantitative estimate of drug-likeness (QED) is 0.488. The van der Waals surface area contributed by atoms with Crippen LogP contribution in [0.5, 0.6) is 0 Å². The van der Waals surface area contributed by atoms with Crippen molar-refractivity contribution in [3.8, 4) is 0 Å². The molecule has 0 unspecified atom stereocenters. The Kier molecular flexibility index (Phi) is 7.63. The first kappa shape index (κ1) is 24.5. The summed E-state index contributed by atoms with van der Waals surface area (Å²) in [5, 5.41) is 7.23. The summed E-state index contributed by atoms with van der Waals surface area (Å²) in [6.07, 6.45) is 1.93. The standard InChI is InChI=1S/C28H34N6OS/c1-22-20-25(34-16-14-33(15-17-34)24-10-6-3-7-11-24)31-26(30-22)32-27(36)29-21-28(12-18-35-19-13-28)23-8-4-2-5-9-23/h2-11,20H,12-19,21H2,1H3,(H2,29,30,31,32,36). The number of rotatable bonds is 6. The third kappa shape index (κ3) is 5.77. The van der Waals surface area contributed by atoms with E-state index < -0.39 is 0 Å². The second-order valence-electron chi connectivity index (χ2n) is 9.57. The third-order valence-electron chi connectivity index (χ3n) is 7.21. The maximum atomic E-state index is 5.66. The highest BCUT2D eigenvalue weighted by Gasteiger charge is 2.34. The van der Waals surface area contributed by atoms with E-state index in [0.717, 1.165) is 70.3 Å². The molecule has 8 heteroatoms. The Bertz CT molecular complexity index is 1150. The number of ether oxygens (including phenoxy) is 1. The molecular weight excluding hydrogens is 468 g/mol. The minimum Gasteiger partial charge on any atom is -0.381 e. The summed E-state index contributed by atoms with van der Waals surface area (Å²) in [7, 11) is 0. The van der Waals surface area contributed by atoms with Gasteiger partial charge in [0.05, 0.1) is 0 Å². The largest absolute Gasteiger partial charge is 0.381 e. The van der Waals surface area contributed by atoms with Gasteiger partial charge in [0.1, 0.15) is 5.82 Å². The van der Waals surface area contributed by atoms with Crippen LogP contribution in [0.2, 0.25) is 0 Å². The number of piperazine rings is 1. The molecule has 0 amide bonds. The monoisotopic (exact) mass is 502 g/mol. The molecule has 0 spiro atoms. The Labute approximate surface area is 218 Å². The van der Waals surface area contributed by atoms with Crippen LogP contribution < -0.4 is 20.4 Å². The van der Waals surface area contributed by atoms with Crippen molar-refractivity contribution in [3.63, 3.8) is 0 Å². The second-order valence-corrected chi connectivity index (χ2v) is 9.98. The summed E-state index contributed by atoms with van der Waals surface area (Å²) in [5.74, 6) is 1.47. The van der Waals surface area contributed by atoms with Crippen LogP contribution in [-0.2, 0) is 10.2 Å². The normalized spacial score (nSPS) is 17.5. The fourth-order valence-corrected chi connectivity index (χ4v) is 5.28. The van der Waals surface area contributed by atoms with Crippen molar-refractivity contribution in [2.24, 2.45) is 0 Å². The van der Waals surface area contributed by atoms with Gasteiger partial charge in [-0.15, -0.1) is 0 Å². The molecule has 0 radical (unpaired) electrons. The highest BCUT2D eigenvalue weighted by Crippen LogP contribution is 2.34. The number of nitrogens with zero attached hydrogens (tertiary/aromatic N) is 4. The van der Waals surface area contributed by atoms with E-state index >= 15 is 0 Å². The highest BCUT2D eigenvalue weighted by atomic mass is 32.1. The smallest absolute Gasteiger partial charge is 0.231 e. The van der Waals surface area contributed by atoms with Gasteiger partial charge in [0.25, 0.3) is 0 Å². The van der Waals surface area contributed by atoms with E-state index in [1.807, 2.05) is 13.0 Å². The van der Waals surface area contributed by atoms with Crippen LogP contribution in [0, 0.1) is 6.92 Å². The summed E-state index contributed by atoms with van der Waals surface area (Å²) in [6, 6.07) is 23.3. The number of thiocarbonyl (C=S) groups is 1. The van der Waals surface area contributed by atoms with Gasteiger partial charge in [0, 0.05) is 68.8 Å². The zero-order chi connectivity index (χ0) is 24.8. The first-order valence-corrected chi connectivity index (χ1v) is 13.1. The van der Waals surface area contributed by atoms with Gasteiger partial charge in [-0.2, -0.15) is 4.98 Å². The molecule has 2 aliphatic heterocycles. The van der Waals surface area contributed by atoms with E-state index in [4.69, 9.17) is 21.9 Å². The molecule has 5 rings (SSSR count). The lowest BCUT2D eigenvalue weighted by atomic mass is 9.74. The molecular formula is C28H34N6OS. The lowest BCUT2D eigenvalue weighted by Gasteiger charge is -2.38. The van der Waals surface area contributed by atoms with Gasteiger partial charge in [0.2, 0.25) is 5.95 Å². The fraction of sp³-hybridized carbons (Fsp3) is 0.393. The molecule has 2 saturated heterocycles. The Balaban J connectivity index is 1.21. The maximum absolute atomic E-state index is 5.66. The van der Waals surface area contributed by atoms with Crippen molar-refractivity contribution in [3.05, 3.63) is 78.0 Å². The van der Waals surface area contributed by atoms with Gasteiger partial charge < -0.3 is 25.2 Å². The van der Waals surface area contributed by atoms with Crippen molar-refractivity contribution in [1.82, 2.24) is 15.3 Å². The molecule has 2 aromatic carbocycles. The molecule has 3 heterocycles. The molecule has 0 bridgehead atoms. The second kappa shape index (κ2) is 11.2. The van der Waals surface area contributed by atoms with Crippen LogP contribution in [0.15, 0.2) is 66.7 Å². The fourth-order valence-electron chi connectivity index (χ4n) is 5.12. The van der Waals surface area contributed by atoms with Crippen molar-refractivity contribution in [2.45, 2.75) is 25.2 Å². The summed E-state index contributed by atoms with van der Waals surface area (Å²) in [6.45, 7) is 8.01. The lowest BCUT2D eigenvalue weighted by Crippen LogP contribution is -2.47. The molecule has 7 nitrogen and oxygen atoms in total. The van der Waals surface area contributed by atoms with Crippen LogP contribution in [0.25, 0.3) is 0 Å². The van der Waals surface area contributed by atoms with E-state index in [0.29, 0.717) is 11.1 Å². The van der Waals surface area contributed by atoms with Gasteiger partial charge in [-0.3, -0.25) is 0 Å². The van der Waals surface area contributed by atoms with Crippen molar-refractivity contribution >= 4 is 34.8 Å². The third-order valence-corrected chi connectivity index (χ3v) is 7.46. The SMILES string of the molecule is Cc1cc(N2CCN(c3ccccc3)CC2)nc(NC(=S)NCC2(c3ccccc3)CCOCC2)n1. The highest BCUT2D eigenvalue weighted by molar-refractivity contribution is 7.80. The number of benzene rings is 2. The first-order chi connectivity index (χ1) is 17.6. The molecule has 188 valence electrons. The van der Waals surface area contributed by atoms with Gasteiger partial charge in [0.15, 0.2) is 5.11 Å². The molecule has 2 aliphatic rings. The van der Waals surface area contributed by atoms with Gasteiger partial charge in [-0.05, 0) is 49.7 Å². The number of para-hydroxylation sites is 1. The summed E-state index contributed by atoms with van der Waals surface area (Å²) in [4.78, 5) is 14.1. The van der Waals surface area contributed by atoms with Gasteiger partial charge in [-0.1, -0.05) is 48.5 Å². The lowest BCUT2D eigenvalue weighted by molar-refractivity contribution is 0.0515. The van der Waals surface area contributed by atoms with Crippen LogP contribution in [0.4, 0.5) is 17.5 Å². The number of aromatic nitrogens is 2. The van der Waals surface area contributed by atoms with E-state index in [9.17, 15) is 0 Å². The average molecular weight is 503 g/mol. The van der Waals surface area contributed by atoms with Crippen LogP contribution in [0.1, 0.15) is 24.1 Å². The molecule has 0 saturated carbocycles. The van der Waals surface area contributed by atoms with E-state index in [2.05, 4.69) is 86.1 Å². The Morgan fingerprint density at radius 1 is 0.917 bits per heavy atom. The van der Waals surface area contributed by atoms with Crippen LogP contribution >= 0.6 is 12.2 Å². The van der Waals surface area contributed by atoms with Crippen molar-refractivity contribution < 1.29 is 4.74 Å². The molecule has 3 aromatic rings. The Morgan fingerprint density at radius 3 is 2.25 bits per heavy atom. The number of nitrogens with one attached hydrogen (secondary N) is 2. The van der Waals surface area contributed by atoms with Gasteiger partial charge in [-0.25, -0.2) is 4.98 Å². The molecule has 2 N–H and O–H groups in total. The minimum absolute atomic E-state index is 0.00228. The number of anilines is 3.